The van der Waals surface area contributed by atoms with Crippen molar-refractivity contribution in [2.24, 2.45) is 0 Å². The Morgan fingerprint density at radius 1 is 0.589 bits per heavy atom. The van der Waals surface area contributed by atoms with Gasteiger partial charge in [0.2, 0.25) is 0 Å². The van der Waals surface area contributed by atoms with E-state index in [2.05, 4.69) is 199 Å². The van der Waals surface area contributed by atoms with Crippen LogP contribution in [0.15, 0.2) is 161 Å². The second kappa shape index (κ2) is 17.1. The number of hydrogen-bond donors (Lipinski definition) is 0. The van der Waals surface area contributed by atoms with Crippen molar-refractivity contribution in [3.05, 3.63) is 199 Å². The summed E-state index contributed by atoms with van der Waals surface area (Å²) in [5.74, 6) is 0. The van der Waals surface area contributed by atoms with Crippen molar-refractivity contribution in [1.82, 2.24) is 0 Å². The molecule has 0 nitrogen and oxygen atoms in total. The number of rotatable bonds is 7. The molecule has 0 aliphatic heterocycles. The standard InChI is InChI=1S/C33H33.C14H11Cl.C5H5.2ClH.Zr/c1-32(2,3)30-20-26-24(18-28(30)22-13-9-7-10-14-22)17-25-19-29(23-15-11-8-12-16-23)31(21-27(25)26)33(4,5)6;15-14-10-8-13(9-11-14)7-6-12-4-2-1-3-5-12;1-2-4-5-3-1;;;/h7-21H,1-6H3;1-5,8-11H,6H2;1-3H,4H2;2*1H;/q;;;;;+2/p-2. The second-order valence-electron chi connectivity index (χ2n) is 17.0. The molecule has 0 fully saturated rings. The summed E-state index contributed by atoms with van der Waals surface area (Å²) < 4.78 is 3.58. The normalized spacial score (nSPS) is 13.6. The van der Waals surface area contributed by atoms with Gasteiger partial charge in [0.15, 0.2) is 0 Å². The molecule has 56 heavy (non-hydrogen) atoms. The molecule has 0 aromatic heterocycles. The molecular weight excluding hydrogens is 822 g/mol. The first-order valence-electron chi connectivity index (χ1n) is 19.3. The Bertz CT molecular complexity index is 2320. The Morgan fingerprint density at radius 3 is 1.48 bits per heavy atom. The van der Waals surface area contributed by atoms with Crippen LogP contribution >= 0.6 is 11.6 Å². The first-order chi connectivity index (χ1) is 26.0. The van der Waals surface area contributed by atoms with Crippen LogP contribution in [-0.4, -0.2) is 3.21 Å². The van der Waals surface area contributed by atoms with Gasteiger partial charge in [0.05, 0.1) is 0 Å². The third kappa shape index (κ3) is 8.35. The zero-order chi connectivity index (χ0) is 37.6. The molecular formula is C52H49Cl3Zr. The first kappa shape index (κ1) is 42.0. The molecule has 4 heteroatoms. The zero-order valence-electron chi connectivity index (χ0n) is 33.1. The average Bonchev–Trinajstić information content (AvgIpc) is 3.81. The summed E-state index contributed by atoms with van der Waals surface area (Å²) in [7, 11) is 0. The van der Waals surface area contributed by atoms with Crippen LogP contribution in [0.1, 0.15) is 85.0 Å². The Morgan fingerprint density at radius 2 is 1.05 bits per heavy atom. The molecule has 282 valence electrons. The Hall–Kier alpha value is -3.58. The van der Waals surface area contributed by atoms with Gasteiger partial charge in [0.25, 0.3) is 0 Å². The molecule has 0 heterocycles. The molecule has 0 saturated heterocycles. The van der Waals surface area contributed by atoms with E-state index in [1.54, 1.807) is 6.49 Å². The molecule has 6 aromatic carbocycles. The van der Waals surface area contributed by atoms with Crippen LogP contribution < -0.4 is 24.8 Å². The maximum Gasteiger partial charge on any atom is -1.00 e. The van der Waals surface area contributed by atoms with Gasteiger partial charge in [0.1, 0.15) is 0 Å². The smallest absolute Gasteiger partial charge is 1.00 e. The summed E-state index contributed by atoms with van der Waals surface area (Å²) in [6.07, 6.45) is 9.14. The molecule has 0 bridgehead atoms. The van der Waals surface area contributed by atoms with Crippen molar-refractivity contribution >= 4 is 14.8 Å². The maximum atomic E-state index is 6.58. The molecule has 0 amide bonds. The minimum Gasteiger partial charge on any atom is -1.00 e. The van der Waals surface area contributed by atoms with E-state index in [-0.39, 0.29) is 35.6 Å². The summed E-state index contributed by atoms with van der Waals surface area (Å²) in [6.45, 7) is 14.2. The fourth-order valence-electron chi connectivity index (χ4n) is 8.61. The molecule has 0 atom stereocenters. The molecule has 2 aliphatic carbocycles. The minimum atomic E-state index is -2.90. The van der Waals surface area contributed by atoms with Crippen LogP contribution in [0.2, 0.25) is 5.02 Å². The van der Waals surface area contributed by atoms with Gasteiger partial charge in [-0.15, -0.1) is 0 Å². The van der Waals surface area contributed by atoms with Crippen molar-refractivity contribution in [2.75, 3.05) is 0 Å². The van der Waals surface area contributed by atoms with Crippen molar-refractivity contribution in [2.45, 2.75) is 68.8 Å². The quantitative estimate of drug-likeness (QED) is 0.152. The van der Waals surface area contributed by atoms with Gasteiger partial charge in [-0.3, -0.25) is 0 Å². The molecule has 8 rings (SSSR count). The Labute approximate surface area is 359 Å². The van der Waals surface area contributed by atoms with Crippen LogP contribution in [0.5, 0.6) is 0 Å². The molecule has 0 saturated carbocycles. The van der Waals surface area contributed by atoms with Gasteiger partial charge in [-0.05, 0) is 0 Å². The second-order valence-corrected chi connectivity index (χ2v) is 24.0. The van der Waals surface area contributed by atoms with Crippen LogP contribution in [-0.2, 0) is 38.5 Å². The van der Waals surface area contributed by atoms with Crippen LogP contribution in [0, 0.1) is 0 Å². The molecule has 0 unspecified atom stereocenters. The molecule has 0 radical (unpaired) electrons. The van der Waals surface area contributed by atoms with Gasteiger partial charge in [-0.2, -0.15) is 0 Å². The topological polar surface area (TPSA) is 0 Å². The van der Waals surface area contributed by atoms with Crippen molar-refractivity contribution < 1.29 is 46.1 Å². The molecule has 6 aromatic rings. The first-order valence-corrected chi connectivity index (χ1v) is 23.6. The van der Waals surface area contributed by atoms with Gasteiger partial charge in [0, 0.05) is 0 Å². The monoisotopic (exact) mass is 868 g/mol. The zero-order valence-corrected chi connectivity index (χ0v) is 37.9. The Kier molecular flexibility index (Phi) is 12.8. The molecule has 0 N–H and O–H groups in total. The maximum absolute atomic E-state index is 6.58. The summed E-state index contributed by atoms with van der Waals surface area (Å²) >= 11 is 3.68. The van der Waals surface area contributed by atoms with E-state index in [0.717, 1.165) is 17.9 Å². The van der Waals surface area contributed by atoms with Crippen molar-refractivity contribution in [3.8, 4) is 33.4 Å². The van der Waals surface area contributed by atoms with E-state index < -0.39 is 21.3 Å². The van der Waals surface area contributed by atoms with Crippen LogP contribution in [0.25, 0.3) is 33.4 Å². The van der Waals surface area contributed by atoms with E-state index in [1.165, 1.54) is 66.8 Å². The summed E-state index contributed by atoms with van der Waals surface area (Å²) in [4.78, 5) is 0. The Balaban J connectivity index is 0.00000266. The fourth-order valence-corrected chi connectivity index (χ4v) is 17.8. The SMILES string of the molecule is CC(C)(C)c1cc2c(cc1-c1ccccc1)[CH](/[Zr+2]([C]1=CC=CC1)=[C](\Cc1ccccc1)c1ccc(Cl)cc1)c1cc(-c3ccccc3)c(C(C)(C)C)cc1-2.[Cl-].[Cl-]. The molecule has 2 aliphatic rings. The number of halogens is 3. The summed E-state index contributed by atoms with van der Waals surface area (Å²) in [5, 5.41) is 0.783. The van der Waals surface area contributed by atoms with Gasteiger partial charge >= 0.3 is 338 Å². The van der Waals surface area contributed by atoms with Gasteiger partial charge < -0.3 is 24.8 Å². The van der Waals surface area contributed by atoms with Crippen LogP contribution in [0.3, 0.4) is 0 Å². The predicted molar refractivity (Wildman–Crippen MR) is 230 cm³/mol. The largest absolute Gasteiger partial charge is 1.00 e. The van der Waals surface area contributed by atoms with Gasteiger partial charge in [-0.1, -0.05) is 0 Å². The average molecular weight is 872 g/mol. The van der Waals surface area contributed by atoms with Crippen molar-refractivity contribution in [3.63, 3.8) is 0 Å². The number of allylic oxidation sites excluding steroid dienone is 4. The summed E-state index contributed by atoms with van der Waals surface area (Å²) in [6, 6.07) is 52.5. The minimum absolute atomic E-state index is 0. The molecule has 0 spiro atoms. The third-order valence-electron chi connectivity index (χ3n) is 11.2. The predicted octanol–water partition coefficient (Wildman–Crippen LogP) is 8.27. The third-order valence-corrected chi connectivity index (χ3v) is 19.8. The number of fused-ring (bicyclic) bond motifs is 3. The van der Waals surface area contributed by atoms with E-state index in [4.69, 9.17) is 11.6 Å². The van der Waals surface area contributed by atoms with E-state index in [1.807, 2.05) is 0 Å². The number of benzene rings is 6. The van der Waals surface area contributed by atoms with E-state index in [9.17, 15) is 0 Å². The van der Waals surface area contributed by atoms with Crippen LogP contribution in [0.4, 0.5) is 0 Å². The fraction of sp³-hybridized carbons (Fsp3) is 0.212. The van der Waals surface area contributed by atoms with E-state index >= 15 is 0 Å². The van der Waals surface area contributed by atoms with Crippen molar-refractivity contribution in [1.29, 1.82) is 0 Å². The summed E-state index contributed by atoms with van der Waals surface area (Å²) in [5.41, 5.74) is 16.6. The van der Waals surface area contributed by atoms with E-state index in [0.29, 0.717) is 3.63 Å². The van der Waals surface area contributed by atoms with Gasteiger partial charge in [-0.25, -0.2) is 0 Å². The number of hydrogen-bond acceptors (Lipinski definition) is 0.